The summed E-state index contributed by atoms with van der Waals surface area (Å²) < 4.78 is 17.3. The van der Waals surface area contributed by atoms with Crippen LogP contribution >= 0.6 is 34.2 Å². The van der Waals surface area contributed by atoms with Crippen LogP contribution in [0, 0.1) is 3.57 Å². The highest BCUT2D eigenvalue weighted by Crippen LogP contribution is 2.35. The number of methoxy groups -OCH3 is 1. The van der Waals surface area contributed by atoms with Gasteiger partial charge in [-0.3, -0.25) is 0 Å². The molecule has 0 radical (unpaired) electrons. The van der Waals surface area contributed by atoms with E-state index < -0.39 is 5.97 Å². The van der Waals surface area contributed by atoms with Gasteiger partial charge in [-0.1, -0.05) is 30.3 Å². The Labute approximate surface area is 181 Å². The zero-order valence-electron chi connectivity index (χ0n) is 15.3. The van der Waals surface area contributed by atoms with E-state index >= 15 is 0 Å². The second-order valence-corrected chi connectivity index (χ2v) is 7.67. The number of carbonyl (C=O) groups is 1. The van der Waals surface area contributed by atoms with E-state index in [1.807, 2.05) is 13.0 Å². The first-order chi connectivity index (χ1) is 13.4. The van der Waals surface area contributed by atoms with E-state index in [4.69, 9.17) is 25.8 Å². The standard InChI is InChI=1S/C21H17ClINO4/c1-12(2)11-27-19-16(23)8-13(10-18(19)26-3)9-17-21(25)28-20(24-17)14-6-4-5-7-15(14)22/h4-10H,1,11H2,2-3H3/b17-9-. The molecule has 1 heterocycles. The summed E-state index contributed by atoms with van der Waals surface area (Å²) in [4.78, 5) is 16.5. The fourth-order valence-electron chi connectivity index (χ4n) is 2.48. The Morgan fingerprint density at radius 3 is 2.79 bits per heavy atom. The molecule has 0 atom stereocenters. The molecule has 2 aromatic rings. The van der Waals surface area contributed by atoms with Gasteiger partial charge in [-0.2, -0.15) is 0 Å². The lowest BCUT2D eigenvalue weighted by Crippen LogP contribution is -2.05. The van der Waals surface area contributed by atoms with E-state index in [2.05, 4.69) is 34.2 Å². The molecule has 0 N–H and O–H groups in total. The number of esters is 1. The van der Waals surface area contributed by atoms with E-state index in [9.17, 15) is 4.79 Å². The van der Waals surface area contributed by atoms with Crippen LogP contribution in [0.3, 0.4) is 0 Å². The molecular weight excluding hydrogens is 493 g/mol. The predicted molar refractivity (Wildman–Crippen MR) is 118 cm³/mol. The van der Waals surface area contributed by atoms with Gasteiger partial charge in [-0.15, -0.1) is 0 Å². The number of hydrogen-bond donors (Lipinski definition) is 0. The number of hydrogen-bond acceptors (Lipinski definition) is 5. The lowest BCUT2D eigenvalue weighted by molar-refractivity contribution is -0.129. The number of cyclic esters (lactones) is 1. The largest absolute Gasteiger partial charge is 0.493 e. The maximum atomic E-state index is 12.2. The van der Waals surface area contributed by atoms with Gasteiger partial charge in [0.1, 0.15) is 6.61 Å². The van der Waals surface area contributed by atoms with E-state index in [1.54, 1.807) is 43.5 Å². The average molecular weight is 510 g/mol. The highest BCUT2D eigenvalue weighted by Gasteiger charge is 2.25. The molecule has 2 aromatic carbocycles. The van der Waals surface area contributed by atoms with Crippen LogP contribution in [-0.4, -0.2) is 25.6 Å². The van der Waals surface area contributed by atoms with Crippen LogP contribution in [0.25, 0.3) is 6.08 Å². The van der Waals surface area contributed by atoms with Gasteiger partial charge in [-0.25, -0.2) is 9.79 Å². The maximum Gasteiger partial charge on any atom is 0.363 e. The van der Waals surface area contributed by atoms with E-state index in [0.29, 0.717) is 28.7 Å². The lowest BCUT2D eigenvalue weighted by atomic mass is 10.1. The van der Waals surface area contributed by atoms with Gasteiger partial charge in [0.2, 0.25) is 5.90 Å². The summed E-state index contributed by atoms with van der Waals surface area (Å²) in [7, 11) is 1.56. The van der Waals surface area contributed by atoms with Crippen LogP contribution in [0.5, 0.6) is 11.5 Å². The normalized spacial score (nSPS) is 14.6. The van der Waals surface area contributed by atoms with E-state index in [1.165, 1.54) is 0 Å². The molecule has 0 fully saturated rings. The smallest absolute Gasteiger partial charge is 0.363 e. The molecule has 0 amide bonds. The fraction of sp³-hybridized carbons (Fsp3) is 0.143. The zero-order valence-corrected chi connectivity index (χ0v) is 18.2. The van der Waals surface area contributed by atoms with Gasteiger partial charge in [0.05, 0.1) is 21.3 Å². The van der Waals surface area contributed by atoms with Crippen LogP contribution in [0.2, 0.25) is 5.02 Å². The summed E-state index contributed by atoms with van der Waals surface area (Å²) in [5.41, 5.74) is 2.39. The predicted octanol–water partition coefficient (Wildman–Crippen LogP) is 5.25. The van der Waals surface area contributed by atoms with Gasteiger partial charge in [-0.05, 0) is 71.0 Å². The Kier molecular flexibility index (Phi) is 6.41. The van der Waals surface area contributed by atoms with Crippen molar-refractivity contribution < 1.29 is 19.0 Å². The average Bonchev–Trinajstić information content (AvgIpc) is 3.00. The highest BCUT2D eigenvalue weighted by molar-refractivity contribution is 14.1. The molecule has 1 aliphatic rings. The first kappa shape index (κ1) is 20.4. The SMILES string of the molecule is C=C(C)COc1c(I)cc(/C=C2\N=C(c3ccccc3Cl)OC2=O)cc1OC. The van der Waals surface area contributed by atoms with Crippen molar-refractivity contribution in [2.45, 2.75) is 6.92 Å². The van der Waals surface area contributed by atoms with Gasteiger partial charge in [0.25, 0.3) is 0 Å². The first-order valence-corrected chi connectivity index (χ1v) is 9.77. The number of rotatable bonds is 6. The van der Waals surface area contributed by atoms with Gasteiger partial charge in [0, 0.05) is 0 Å². The quantitative estimate of drug-likeness (QED) is 0.231. The molecular formula is C21H17ClINO4. The Morgan fingerprint density at radius 1 is 1.36 bits per heavy atom. The fourth-order valence-corrected chi connectivity index (χ4v) is 3.47. The van der Waals surface area contributed by atoms with Crippen molar-refractivity contribution in [2.75, 3.05) is 13.7 Å². The van der Waals surface area contributed by atoms with Crippen molar-refractivity contribution in [3.63, 3.8) is 0 Å². The van der Waals surface area contributed by atoms with Crippen molar-refractivity contribution in [3.05, 3.63) is 74.0 Å². The Bertz CT molecular complexity index is 1010. The molecule has 144 valence electrons. The van der Waals surface area contributed by atoms with Gasteiger partial charge < -0.3 is 14.2 Å². The van der Waals surface area contributed by atoms with Crippen LogP contribution in [-0.2, 0) is 9.53 Å². The second-order valence-electron chi connectivity index (χ2n) is 6.10. The summed E-state index contributed by atoms with van der Waals surface area (Å²) in [6, 6.07) is 10.7. The summed E-state index contributed by atoms with van der Waals surface area (Å²) in [5, 5.41) is 0.463. The Morgan fingerprint density at radius 2 is 2.11 bits per heavy atom. The summed E-state index contributed by atoms with van der Waals surface area (Å²) >= 11 is 8.32. The zero-order chi connectivity index (χ0) is 20.3. The minimum atomic E-state index is -0.536. The van der Waals surface area contributed by atoms with Crippen LogP contribution in [0.1, 0.15) is 18.1 Å². The molecule has 0 bridgehead atoms. The van der Waals surface area contributed by atoms with E-state index in [-0.39, 0.29) is 11.6 Å². The maximum absolute atomic E-state index is 12.2. The van der Waals surface area contributed by atoms with Crippen molar-refractivity contribution >= 4 is 52.1 Å². The number of benzene rings is 2. The van der Waals surface area contributed by atoms with Gasteiger partial charge >= 0.3 is 5.97 Å². The minimum Gasteiger partial charge on any atom is -0.493 e. The molecule has 0 saturated carbocycles. The number of carbonyl (C=O) groups excluding carboxylic acids is 1. The number of aliphatic imine (C=N–C) groups is 1. The molecule has 0 aromatic heterocycles. The van der Waals surface area contributed by atoms with Crippen molar-refractivity contribution in [1.82, 2.24) is 0 Å². The monoisotopic (exact) mass is 509 g/mol. The van der Waals surface area contributed by atoms with Crippen LogP contribution in [0.4, 0.5) is 0 Å². The van der Waals surface area contributed by atoms with Gasteiger partial charge in [0.15, 0.2) is 17.2 Å². The lowest BCUT2D eigenvalue weighted by Gasteiger charge is -2.13. The third kappa shape index (κ3) is 4.56. The number of ether oxygens (including phenoxy) is 3. The van der Waals surface area contributed by atoms with Crippen molar-refractivity contribution in [2.24, 2.45) is 4.99 Å². The highest BCUT2D eigenvalue weighted by atomic mass is 127. The molecule has 0 saturated heterocycles. The minimum absolute atomic E-state index is 0.184. The topological polar surface area (TPSA) is 57.1 Å². The molecule has 0 aliphatic carbocycles. The molecule has 28 heavy (non-hydrogen) atoms. The van der Waals surface area contributed by atoms with Crippen LogP contribution in [0.15, 0.2) is 59.2 Å². The van der Waals surface area contributed by atoms with Crippen molar-refractivity contribution in [1.29, 1.82) is 0 Å². The molecule has 7 heteroatoms. The van der Waals surface area contributed by atoms with Crippen LogP contribution < -0.4 is 9.47 Å². The third-order valence-corrected chi connectivity index (χ3v) is 4.87. The van der Waals surface area contributed by atoms with E-state index in [0.717, 1.165) is 14.7 Å². The first-order valence-electron chi connectivity index (χ1n) is 8.31. The molecule has 1 aliphatic heterocycles. The summed E-state index contributed by atoms with van der Waals surface area (Å²) in [6.07, 6.45) is 1.64. The molecule has 0 spiro atoms. The van der Waals surface area contributed by atoms with Crippen molar-refractivity contribution in [3.8, 4) is 11.5 Å². The third-order valence-electron chi connectivity index (χ3n) is 3.74. The molecule has 0 unspecified atom stereocenters. The summed E-state index contributed by atoms with van der Waals surface area (Å²) in [5.74, 6) is 0.834. The Hall–Kier alpha value is -2.32. The number of halogens is 2. The molecule has 3 rings (SSSR count). The number of nitrogens with zero attached hydrogens (tertiary/aromatic N) is 1. The Balaban J connectivity index is 1.94. The molecule has 5 nitrogen and oxygen atoms in total. The second kappa shape index (κ2) is 8.79. The summed E-state index contributed by atoms with van der Waals surface area (Å²) in [6.45, 7) is 6.12.